The first kappa shape index (κ1) is 8.62. The van der Waals surface area contributed by atoms with Crippen molar-refractivity contribution in [3.8, 4) is 5.75 Å². The van der Waals surface area contributed by atoms with Crippen molar-refractivity contribution in [3.05, 3.63) is 36.2 Å². The van der Waals surface area contributed by atoms with Gasteiger partial charge >= 0.3 is 5.97 Å². The molecule has 0 aliphatic heterocycles. The molecule has 0 saturated heterocycles. The normalized spacial score (nSPS) is 10.4. The molecule has 0 fully saturated rings. The number of fused-ring (bicyclic) bond motifs is 1. The van der Waals surface area contributed by atoms with Gasteiger partial charge in [-0.05, 0) is 18.2 Å². The number of aromatic nitrogens is 1. The number of hydrogen-bond donors (Lipinski definition) is 1. The van der Waals surface area contributed by atoms with Crippen LogP contribution in [0.4, 0.5) is 0 Å². The van der Waals surface area contributed by atoms with E-state index in [2.05, 4.69) is 0 Å². The fraction of sp³-hybridized carbons (Fsp3) is 0.100. The van der Waals surface area contributed by atoms with Gasteiger partial charge in [-0.15, -0.1) is 0 Å². The average Bonchev–Trinajstić information content (AvgIpc) is 2.59. The van der Waals surface area contributed by atoms with Gasteiger partial charge in [-0.2, -0.15) is 0 Å². The summed E-state index contributed by atoms with van der Waals surface area (Å²) in [6.45, 7) is 0. The summed E-state index contributed by atoms with van der Waals surface area (Å²) in [6, 6.07) is 6.81. The van der Waals surface area contributed by atoms with E-state index < -0.39 is 5.97 Å². The summed E-state index contributed by atoms with van der Waals surface area (Å²) in [5.41, 5.74) is 1.06. The molecule has 0 spiro atoms. The molecule has 14 heavy (non-hydrogen) atoms. The highest BCUT2D eigenvalue weighted by Crippen LogP contribution is 2.16. The molecule has 4 heteroatoms. The van der Waals surface area contributed by atoms with Crippen molar-refractivity contribution in [3.63, 3.8) is 0 Å². The molecule has 2 rings (SSSR count). The Hall–Kier alpha value is -1.97. The summed E-state index contributed by atoms with van der Waals surface area (Å²) in [7, 11) is 1.58. The van der Waals surface area contributed by atoms with Crippen LogP contribution >= 0.6 is 0 Å². The molecule has 0 unspecified atom stereocenters. The number of hydrogen-bond acceptors (Lipinski definition) is 2. The Morgan fingerprint density at radius 3 is 2.86 bits per heavy atom. The number of carboxylic acids is 1. The molecule has 0 aliphatic rings. The number of rotatable bonds is 2. The lowest BCUT2D eigenvalue weighted by Gasteiger charge is -2.01. The topological polar surface area (TPSA) is 50.9 Å². The summed E-state index contributed by atoms with van der Waals surface area (Å²) in [5.74, 6) is -0.220. The lowest BCUT2D eigenvalue weighted by atomic mass is 10.4. The molecule has 0 bridgehead atoms. The van der Waals surface area contributed by atoms with Gasteiger partial charge in [0.25, 0.3) is 0 Å². The van der Waals surface area contributed by atoms with Crippen LogP contribution in [0.3, 0.4) is 0 Å². The number of pyridine rings is 1. The van der Waals surface area contributed by atoms with E-state index >= 15 is 0 Å². The molecule has 72 valence electrons. The molecular weight excluding hydrogens is 182 g/mol. The highest BCUT2D eigenvalue weighted by molar-refractivity contribution is 5.87. The van der Waals surface area contributed by atoms with E-state index in [1.165, 1.54) is 0 Å². The molecule has 0 saturated carbocycles. The molecular formula is C10H9NO3. The van der Waals surface area contributed by atoms with Gasteiger partial charge in [-0.25, -0.2) is 4.79 Å². The summed E-state index contributed by atoms with van der Waals surface area (Å²) in [6.07, 6.45) is 1.68. The highest BCUT2D eigenvalue weighted by atomic mass is 16.5. The van der Waals surface area contributed by atoms with Crippen LogP contribution in [0.25, 0.3) is 5.52 Å². The van der Waals surface area contributed by atoms with Crippen molar-refractivity contribution >= 4 is 11.5 Å². The van der Waals surface area contributed by atoms with Crippen molar-refractivity contribution in [1.29, 1.82) is 0 Å². The van der Waals surface area contributed by atoms with Crippen LogP contribution in [0, 0.1) is 0 Å². The highest BCUT2D eigenvalue weighted by Gasteiger charge is 2.08. The van der Waals surface area contributed by atoms with E-state index in [0.717, 1.165) is 5.52 Å². The molecule has 1 N–H and O–H groups in total. The summed E-state index contributed by atoms with van der Waals surface area (Å²) in [4.78, 5) is 10.8. The first-order chi connectivity index (χ1) is 6.72. The number of aromatic carboxylic acids is 1. The molecule has 2 aromatic rings. The van der Waals surface area contributed by atoms with Gasteiger partial charge in [-0.3, -0.25) is 0 Å². The van der Waals surface area contributed by atoms with Gasteiger partial charge in [-0.1, -0.05) is 0 Å². The van der Waals surface area contributed by atoms with Crippen LogP contribution < -0.4 is 4.74 Å². The van der Waals surface area contributed by atoms with Crippen molar-refractivity contribution in [2.24, 2.45) is 0 Å². The third-order valence-electron chi connectivity index (χ3n) is 2.08. The van der Waals surface area contributed by atoms with E-state index in [1.807, 2.05) is 0 Å². The molecule has 2 heterocycles. The maximum Gasteiger partial charge on any atom is 0.352 e. The Morgan fingerprint density at radius 2 is 2.21 bits per heavy atom. The van der Waals surface area contributed by atoms with Crippen molar-refractivity contribution in [2.45, 2.75) is 0 Å². The largest absolute Gasteiger partial charge is 0.497 e. The first-order valence-electron chi connectivity index (χ1n) is 4.11. The van der Waals surface area contributed by atoms with Crippen LogP contribution in [0.2, 0.25) is 0 Å². The second kappa shape index (κ2) is 3.06. The van der Waals surface area contributed by atoms with E-state index in [1.54, 1.807) is 42.0 Å². The number of nitrogens with zero attached hydrogens (tertiary/aromatic N) is 1. The minimum atomic E-state index is -0.935. The third kappa shape index (κ3) is 1.21. The number of carbonyl (C=O) groups is 1. The van der Waals surface area contributed by atoms with Gasteiger partial charge < -0.3 is 14.2 Å². The molecule has 0 amide bonds. The van der Waals surface area contributed by atoms with Crippen LogP contribution in [-0.2, 0) is 0 Å². The van der Waals surface area contributed by atoms with Crippen LogP contribution in [0.15, 0.2) is 30.5 Å². The minimum absolute atomic E-state index is 0.252. The second-order valence-corrected chi connectivity index (χ2v) is 2.89. The van der Waals surface area contributed by atoms with Crippen LogP contribution in [0.5, 0.6) is 5.75 Å². The Labute approximate surface area is 80.3 Å². The third-order valence-corrected chi connectivity index (χ3v) is 2.08. The fourth-order valence-corrected chi connectivity index (χ4v) is 1.39. The zero-order chi connectivity index (χ0) is 10.1. The van der Waals surface area contributed by atoms with Gasteiger partial charge in [0.05, 0.1) is 7.11 Å². The van der Waals surface area contributed by atoms with Crippen LogP contribution in [0.1, 0.15) is 10.5 Å². The lowest BCUT2D eigenvalue weighted by molar-refractivity contribution is 0.0689. The molecule has 0 aliphatic carbocycles. The van der Waals surface area contributed by atoms with Gasteiger partial charge in [0.1, 0.15) is 11.4 Å². The average molecular weight is 191 g/mol. The molecule has 0 aromatic carbocycles. The van der Waals surface area contributed by atoms with Gasteiger partial charge in [0, 0.05) is 17.8 Å². The monoisotopic (exact) mass is 191 g/mol. The second-order valence-electron chi connectivity index (χ2n) is 2.89. The standard InChI is InChI=1S/C10H9NO3/c1-14-8-4-5-11-7(6-8)2-3-9(11)10(12)13/h2-6H,1H3,(H,12,13). The molecule has 4 nitrogen and oxygen atoms in total. The quantitative estimate of drug-likeness (QED) is 0.785. The summed E-state index contributed by atoms with van der Waals surface area (Å²) >= 11 is 0. The minimum Gasteiger partial charge on any atom is -0.497 e. The Morgan fingerprint density at radius 1 is 1.43 bits per heavy atom. The zero-order valence-corrected chi connectivity index (χ0v) is 7.60. The number of methoxy groups -OCH3 is 1. The Bertz CT molecular complexity index is 487. The van der Waals surface area contributed by atoms with E-state index in [9.17, 15) is 4.79 Å². The van der Waals surface area contributed by atoms with E-state index in [-0.39, 0.29) is 5.69 Å². The van der Waals surface area contributed by atoms with Crippen molar-refractivity contribution in [2.75, 3.05) is 7.11 Å². The number of carboxylic acid groups (broad SMARTS) is 1. The predicted molar refractivity (Wildman–Crippen MR) is 50.9 cm³/mol. The maximum atomic E-state index is 10.8. The molecule has 0 radical (unpaired) electrons. The summed E-state index contributed by atoms with van der Waals surface area (Å²) in [5, 5.41) is 8.85. The molecule has 0 atom stereocenters. The van der Waals surface area contributed by atoms with E-state index in [0.29, 0.717) is 5.75 Å². The SMILES string of the molecule is COc1ccn2c(C(=O)O)ccc2c1. The first-order valence-corrected chi connectivity index (χ1v) is 4.11. The van der Waals surface area contributed by atoms with Gasteiger partial charge in [0.2, 0.25) is 0 Å². The zero-order valence-electron chi connectivity index (χ0n) is 7.60. The van der Waals surface area contributed by atoms with Crippen molar-refractivity contribution in [1.82, 2.24) is 4.40 Å². The lowest BCUT2D eigenvalue weighted by Crippen LogP contribution is -2.00. The Balaban J connectivity index is 2.65. The van der Waals surface area contributed by atoms with Crippen LogP contribution in [-0.4, -0.2) is 22.6 Å². The summed E-state index contributed by atoms with van der Waals surface area (Å²) < 4.78 is 6.63. The smallest absolute Gasteiger partial charge is 0.352 e. The maximum absolute atomic E-state index is 10.8. The van der Waals surface area contributed by atoms with E-state index in [4.69, 9.17) is 9.84 Å². The predicted octanol–water partition coefficient (Wildman–Crippen LogP) is 1.65. The number of ether oxygens (including phenoxy) is 1. The molecule has 2 aromatic heterocycles. The Kier molecular flexibility index (Phi) is 1.89. The fourth-order valence-electron chi connectivity index (χ4n) is 1.39. The van der Waals surface area contributed by atoms with Crippen molar-refractivity contribution < 1.29 is 14.6 Å². The van der Waals surface area contributed by atoms with Gasteiger partial charge in [0.15, 0.2) is 0 Å².